The Morgan fingerprint density at radius 3 is 2.94 bits per heavy atom. The fraction of sp³-hybridized carbons (Fsp3) is 0.333. The maximum absolute atomic E-state index is 5.43. The number of thiophene rings is 1. The second-order valence-electron chi connectivity index (χ2n) is 4.74. The monoisotopic (exact) mass is 259 g/mol. The lowest BCUT2D eigenvalue weighted by Gasteiger charge is -2.28. The van der Waals surface area contributed by atoms with Crippen LogP contribution >= 0.6 is 11.3 Å². The molecular formula is C15H17NOS. The minimum Gasteiger partial charge on any atom is -0.495 e. The molecule has 0 saturated carbocycles. The Hall–Kier alpha value is -1.48. The molecule has 3 heteroatoms. The van der Waals surface area contributed by atoms with Gasteiger partial charge in [0, 0.05) is 17.3 Å². The van der Waals surface area contributed by atoms with Gasteiger partial charge >= 0.3 is 0 Å². The van der Waals surface area contributed by atoms with E-state index in [1.54, 1.807) is 7.11 Å². The standard InChI is InChI=1S/C15H17NOS/c1-10-5-6-13(17-2)15-12(10)8-11(9-16-15)14-4-3-7-18-14/h3-7,11,16H,8-9H2,1-2H3. The van der Waals surface area contributed by atoms with Crippen LogP contribution in [0.25, 0.3) is 0 Å². The highest BCUT2D eigenvalue weighted by Gasteiger charge is 2.24. The number of benzene rings is 1. The first-order valence-corrected chi connectivity index (χ1v) is 7.11. The molecule has 1 unspecified atom stereocenters. The van der Waals surface area contributed by atoms with Gasteiger partial charge in [-0.3, -0.25) is 0 Å². The van der Waals surface area contributed by atoms with Crippen LogP contribution in [0.1, 0.15) is 21.9 Å². The van der Waals surface area contributed by atoms with Gasteiger partial charge in [0.15, 0.2) is 0 Å². The van der Waals surface area contributed by atoms with Crippen LogP contribution in [0, 0.1) is 6.92 Å². The Balaban J connectivity index is 1.97. The molecule has 3 rings (SSSR count). The smallest absolute Gasteiger partial charge is 0.142 e. The highest BCUT2D eigenvalue weighted by molar-refractivity contribution is 7.10. The highest BCUT2D eigenvalue weighted by Crippen LogP contribution is 2.39. The summed E-state index contributed by atoms with van der Waals surface area (Å²) in [6.07, 6.45) is 1.10. The first-order chi connectivity index (χ1) is 8.79. The molecule has 1 aromatic heterocycles. The molecule has 94 valence electrons. The zero-order valence-electron chi connectivity index (χ0n) is 10.7. The lowest BCUT2D eigenvalue weighted by atomic mass is 9.89. The third-order valence-electron chi connectivity index (χ3n) is 3.65. The Labute approximate surface area is 112 Å². The van der Waals surface area contributed by atoms with E-state index in [1.807, 2.05) is 17.4 Å². The van der Waals surface area contributed by atoms with Crippen molar-refractivity contribution in [1.82, 2.24) is 0 Å². The van der Waals surface area contributed by atoms with E-state index in [0.717, 1.165) is 18.7 Å². The van der Waals surface area contributed by atoms with Gasteiger partial charge in [-0.2, -0.15) is 0 Å². The van der Waals surface area contributed by atoms with Crippen LogP contribution in [-0.4, -0.2) is 13.7 Å². The molecule has 1 atom stereocenters. The molecule has 0 aliphatic carbocycles. The van der Waals surface area contributed by atoms with Crippen molar-refractivity contribution < 1.29 is 4.74 Å². The maximum Gasteiger partial charge on any atom is 0.142 e. The van der Waals surface area contributed by atoms with Gasteiger partial charge in [-0.05, 0) is 42.0 Å². The van der Waals surface area contributed by atoms with Crippen LogP contribution in [0.3, 0.4) is 0 Å². The Kier molecular flexibility index (Phi) is 3.00. The third-order valence-corrected chi connectivity index (χ3v) is 4.68. The molecule has 2 aromatic rings. The zero-order chi connectivity index (χ0) is 12.5. The van der Waals surface area contributed by atoms with Gasteiger partial charge in [-0.15, -0.1) is 11.3 Å². The predicted molar refractivity (Wildman–Crippen MR) is 77.0 cm³/mol. The van der Waals surface area contributed by atoms with Gasteiger partial charge in [0.25, 0.3) is 0 Å². The zero-order valence-corrected chi connectivity index (χ0v) is 11.5. The SMILES string of the molecule is COc1ccc(C)c2c1NCC(c1cccs1)C2. The van der Waals surface area contributed by atoms with Gasteiger partial charge in [-0.25, -0.2) is 0 Å². The molecule has 18 heavy (non-hydrogen) atoms. The lowest BCUT2D eigenvalue weighted by molar-refractivity contribution is 0.415. The van der Waals surface area contributed by atoms with Crippen molar-refractivity contribution in [3.8, 4) is 5.75 Å². The molecule has 1 aromatic carbocycles. The van der Waals surface area contributed by atoms with Crippen LogP contribution in [0.2, 0.25) is 0 Å². The van der Waals surface area contributed by atoms with Gasteiger partial charge in [0.05, 0.1) is 12.8 Å². The normalized spacial score (nSPS) is 18.0. The van der Waals surface area contributed by atoms with Crippen molar-refractivity contribution in [2.45, 2.75) is 19.3 Å². The summed E-state index contributed by atoms with van der Waals surface area (Å²) in [5.74, 6) is 1.54. The first kappa shape index (κ1) is 11.6. The predicted octanol–water partition coefficient (Wildman–Crippen LogP) is 3.82. The summed E-state index contributed by atoms with van der Waals surface area (Å²) in [4.78, 5) is 1.47. The average Bonchev–Trinajstić information content (AvgIpc) is 2.93. The number of rotatable bonds is 2. The van der Waals surface area contributed by atoms with Gasteiger partial charge in [0.1, 0.15) is 5.75 Å². The maximum atomic E-state index is 5.43. The minimum atomic E-state index is 0.586. The van der Waals surface area contributed by atoms with E-state index in [-0.39, 0.29) is 0 Å². The number of methoxy groups -OCH3 is 1. The fourth-order valence-electron chi connectivity index (χ4n) is 2.63. The molecule has 2 heterocycles. The van der Waals surface area contributed by atoms with Crippen molar-refractivity contribution in [3.05, 3.63) is 45.6 Å². The van der Waals surface area contributed by atoms with Crippen molar-refractivity contribution in [3.63, 3.8) is 0 Å². The van der Waals surface area contributed by atoms with Crippen molar-refractivity contribution in [1.29, 1.82) is 0 Å². The molecule has 0 radical (unpaired) electrons. The molecular weight excluding hydrogens is 242 g/mol. The van der Waals surface area contributed by atoms with Crippen LogP contribution in [0.5, 0.6) is 5.75 Å². The van der Waals surface area contributed by atoms with E-state index < -0.39 is 0 Å². The van der Waals surface area contributed by atoms with Gasteiger partial charge in [0.2, 0.25) is 0 Å². The largest absolute Gasteiger partial charge is 0.495 e. The molecule has 0 fully saturated rings. The fourth-order valence-corrected chi connectivity index (χ4v) is 3.46. The minimum absolute atomic E-state index is 0.586. The number of nitrogens with one attached hydrogen (secondary N) is 1. The summed E-state index contributed by atoms with van der Waals surface area (Å²) in [6.45, 7) is 3.17. The number of hydrogen-bond donors (Lipinski definition) is 1. The summed E-state index contributed by atoms with van der Waals surface area (Å²) in [7, 11) is 1.73. The topological polar surface area (TPSA) is 21.3 Å². The molecule has 0 saturated heterocycles. The Bertz CT molecular complexity index is 548. The Morgan fingerprint density at radius 2 is 2.22 bits per heavy atom. The highest BCUT2D eigenvalue weighted by atomic mass is 32.1. The molecule has 2 nitrogen and oxygen atoms in total. The quantitative estimate of drug-likeness (QED) is 0.885. The third kappa shape index (κ3) is 1.89. The van der Waals surface area contributed by atoms with Gasteiger partial charge < -0.3 is 10.1 Å². The number of anilines is 1. The van der Waals surface area contributed by atoms with E-state index in [4.69, 9.17) is 4.74 Å². The van der Waals surface area contributed by atoms with Crippen molar-refractivity contribution in [2.24, 2.45) is 0 Å². The first-order valence-electron chi connectivity index (χ1n) is 6.23. The van der Waals surface area contributed by atoms with Crippen LogP contribution in [0.4, 0.5) is 5.69 Å². The second kappa shape index (κ2) is 4.65. The number of fused-ring (bicyclic) bond motifs is 1. The van der Waals surface area contributed by atoms with Crippen LogP contribution in [-0.2, 0) is 6.42 Å². The van der Waals surface area contributed by atoms with Crippen LogP contribution in [0.15, 0.2) is 29.6 Å². The van der Waals surface area contributed by atoms with E-state index in [1.165, 1.54) is 21.7 Å². The summed E-state index contributed by atoms with van der Waals surface area (Å²) in [6, 6.07) is 8.56. The number of ether oxygens (including phenoxy) is 1. The summed E-state index contributed by atoms with van der Waals surface area (Å²) >= 11 is 1.85. The van der Waals surface area contributed by atoms with E-state index in [0.29, 0.717) is 5.92 Å². The lowest BCUT2D eigenvalue weighted by Crippen LogP contribution is -2.22. The van der Waals surface area contributed by atoms with Crippen molar-refractivity contribution in [2.75, 3.05) is 19.0 Å². The van der Waals surface area contributed by atoms with E-state index in [9.17, 15) is 0 Å². The van der Waals surface area contributed by atoms with Crippen LogP contribution < -0.4 is 10.1 Å². The summed E-state index contributed by atoms with van der Waals surface area (Å²) < 4.78 is 5.43. The molecule has 1 aliphatic heterocycles. The molecule has 1 N–H and O–H groups in total. The second-order valence-corrected chi connectivity index (χ2v) is 5.71. The van der Waals surface area contributed by atoms with E-state index in [2.05, 4.69) is 35.8 Å². The number of hydrogen-bond acceptors (Lipinski definition) is 3. The molecule has 1 aliphatic rings. The Morgan fingerprint density at radius 1 is 1.33 bits per heavy atom. The van der Waals surface area contributed by atoms with Gasteiger partial charge in [-0.1, -0.05) is 12.1 Å². The average molecular weight is 259 g/mol. The van der Waals surface area contributed by atoms with Crippen molar-refractivity contribution >= 4 is 17.0 Å². The molecule has 0 spiro atoms. The summed E-state index contributed by atoms with van der Waals surface area (Å²) in [5, 5.41) is 5.70. The summed E-state index contributed by atoms with van der Waals surface area (Å²) in [5.41, 5.74) is 3.93. The number of aryl methyl sites for hydroxylation is 1. The molecule has 0 bridgehead atoms. The molecule has 0 amide bonds. The van der Waals surface area contributed by atoms with E-state index >= 15 is 0 Å².